The molecule has 0 aliphatic carbocycles. The van der Waals surface area contributed by atoms with Crippen LogP contribution in [0.2, 0.25) is 0 Å². The summed E-state index contributed by atoms with van der Waals surface area (Å²) < 4.78 is 15.0. The average Bonchev–Trinajstić information content (AvgIpc) is 3.15. The van der Waals surface area contributed by atoms with E-state index in [9.17, 15) is 9.59 Å². The van der Waals surface area contributed by atoms with E-state index in [1.807, 2.05) is 0 Å². The fourth-order valence-electron chi connectivity index (χ4n) is 2.64. The summed E-state index contributed by atoms with van der Waals surface area (Å²) in [4.78, 5) is 33.4. The molecule has 25 heavy (non-hydrogen) atoms. The van der Waals surface area contributed by atoms with Crippen LogP contribution in [0.1, 0.15) is 18.7 Å². The quantitative estimate of drug-likeness (QED) is 0.769. The Kier molecular flexibility index (Phi) is 5.22. The van der Waals surface area contributed by atoms with Gasteiger partial charge in [-0.1, -0.05) is 5.16 Å². The van der Waals surface area contributed by atoms with Crippen molar-refractivity contribution in [3.63, 3.8) is 0 Å². The summed E-state index contributed by atoms with van der Waals surface area (Å²) in [6.45, 7) is 0.756. The number of carbonyl (C=O) groups excluding carboxylic acids is 2. The molecular formula is C16H18N4O5. The molecule has 3 rings (SSSR count). The lowest BCUT2D eigenvalue weighted by Gasteiger charge is -2.30. The van der Waals surface area contributed by atoms with Crippen LogP contribution in [0.4, 0.5) is 4.79 Å². The zero-order chi connectivity index (χ0) is 17.6. The van der Waals surface area contributed by atoms with Gasteiger partial charge in [0.25, 0.3) is 5.89 Å². The van der Waals surface area contributed by atoms with Gasteiger partial charge in [0.1, 0.15) is 0 Å². The monoisotopic (exact) mass is 346 g/mol. The molecule has 1 aliphatic rings. The van der Waals surface area contributed by atoms with E-state index in [1.54, 1.807) is 24.5 Å². The molecule has 1 fully saturated rings. The minimum Gasteiger partial charge on any atom is -0.455 e. The maximum absolute atomic E-state index is 12.2. The maximum Gasteiger partial charge on any atom is 0.409 e. The van der Waals surface area contributed by atoms with Crippen LogP contribution >= 0.6 is 0 Å². The second kappa shape index (κ2) is 7.73. The van der Waals surface area contributed by atoms with Gasteiger partial charge in [0.15, 0.2) is 6.61 Å². The summed E-state index contributed by atoms with van der Waals surface area (Å²) in [5.41, 5.74) is 0.713. The Balaban J connectivity index is 1.54. The molecule has 0 aromatic carbocycles. The van der Waals surface area contributed by atoms with Crippen molar-refractivity contribution in [2.75, 3.05) is 20.2 Å². The lowest BCUT2D eigenvalue weighted by Crippen LogP contribution is -2.42. The Hall–Kier alpha value is -2.97. The highest BCUT2D eigenvalue weighted by Crippen LogP contribution is 2.19. The van der Waals surface area contributed by atoms with Crippen LogP contribution in [-0.2, 0) is 20.9 Å². The number of hydrogen-bond acceptors (Lipinski definition) is 8. The molecule has 1 unspecified atom stereocenters. The topological polar surface area (TPSA) is 108 Å². The summed E-state index contributed by atoms with van der Waals surface area (Å²) >= 11 is 0. The van der Waals surface area contributed by atoms with Gasteiger partial charge in [-0.2, -0.15) is 4.98 Å². The van der Waals surface area contributed by atoms with Gasteiger partial charge in [-0.25, -0.2) is 4.79 Å². The molecule has 9 nitrogen and oxygen atoms in total. The molecule has 9 heteroatoms. The van der Waals surface area contributed by atoms with E-state index >= 15 is 0 Å². The SMILES string of the molecule is COC(=O)N1CCCC(C(=O)OCc2nc(-c3cccnc3)no2)C1. The first-order valence-corrected chi connectivity index (χ1v) is 7.90. The van der Waals surface area contributed by atoms with Crippen LogP contribution < -0.4 is 0 Å². The molecule has 1 saturated heterocycles. The van der Waals surface area contributed by atoms with Crippen molar-refractivity contribution in [2.24, 2.45) is 5.92 Å². The van der Waals surface area contributed by atoms with Gasteiger partial charge in [0.2, 0.25) is 5.82 Å². The largest absolute Gasteiger partial charge is 0.455 e. The van der Waals surface area contributed by atoms with Gasteiger partial charge in [-0.05, 0) is 25.0 Å². The zero-order valence-corrected chi connectivity index (χ0v) is 13.8. The highest BCUT2D eigenvalue weighted by molar-refractivity contribution is 5.74. The second-order valence-electron chi connectivity index (χ2n) is 5.62. The van der Waals surface area contributed by atoms with Crippen molar-refractivity contribution < 1.29 is 23.6 Å². The smallest absolute Gasteiger partial charge is 0.409 e. The highest BCUT2D eigenvalue weighted by Gasteiger charge is 2.30. The van der Waals surface area contributed by atoms with Gasteiger partial charge < -0.3 is 18.9 Å². The number of likely N-dealkylation sites (tertiary alicyclic amines) is 1. The lowest BCUT2D eigenvalue weighted by molar-refractivity contribution is -0.152. The third kappa shape index (κ3) is 4.11. The molecule has 1 amide bonds. The molecule has 2 aromatic rings. The van der Waals surface area contributed by atoms with E-state index in [2.05, 4.69) is 19.9 Å². The summed E-state index contributed by atoms with van der Waals surface area (Å²) in [6.07, 6.45) is 4.21. The average molecular weight is 346 g/mol. The van der Waals surface area contributed by atoms with E-state index in [4.69, 9.17) is 9.26 Å². The minimum atomic E-state index is -0.435. The van der Waals surface area contributed by atoms with E-state index < -0.39 is 12.1 Å². The first-order chi connectivity index (χ1) is 12.2. The van der Waals surface area contributed by atoms with Crippen LogP contribution in [0.25, 0.3) is 11.4 Å². The first-order valence-electron chi connectivity index (χ1n) is 7.90. The van der Waals surface area contributed by atoms with Gasteiger partial charge in [0, 0.05) is 31.0 Å². The van der Waals surface area contributed by atoms with Crippen molar-refractivity contribution >= 4 is 12.1 Å². The van der Waals surface area contributed by atoms with Crippen molar-refractivity contribution in [3.05, 3.63) is 30.4 Å². The van der Waals surface area contributed by atoms with E-state index in [-0.39, 0.29) is 25.0 Å². The third-order valence-electron chi connectivity index (χ3n) is 3.91. The summed E-state index contributed by atoms with van der Waals surface area (Å²) in [6, 6.07) is 3.57. The lowest BCUT2D eigenvalue weighted by atomic mass is 9.99. The number of methoxy groups -OCH3 is 1. The van der Waals surface area contributed by atoms with Crippen LogP contribution in [-0.4, -0.2) is 52.3 Å². The second-order valence-corrected chi connectivity index (χ2v) is 5.62. The number of aromatic nitrogens is 3. The van der Waals surface area contributed by atoms with E-state index in [1.165, 1.54) is 12.0 Å². The predicted molar refractivity (Wildman–Crippen MR) is 84.0 cm³/mol. The number of esters is 1. The molecule has 0 radical (unpaired) electrons. The highest BCUT2D eigenvalue weighted by atomic mass is 16.6. The number of piperidine rings is 1. The molecule has 0 saturated carbocycles. The van der Waals surface area contributed by atoms with Gasteiger partial charge in [-0.15, -0.1) is 0 Å². The first kappa shape index (κ1) is 16.9. The number of hydrogen-bond donors (Lipinski definition) is 0. The van der Waals surface area contributed by atoms with E-state index in [0.29, 0.717) is 24.4 Å². The van der Waals surface area contributed by atoms with Crippen molar-refractivity contribution in [3.8, 4) is 11.4 Å². The molecule has 0 spiro atoms. The fraction of sp³-hybridized carbons (Fsp3) is 0.438. The molecular weight excluding hydrogens is 328 g/mol. The number of nitrogens with zero attached hydrogens (tertiary/aromatic N) is 4. The molecule has 1 aliphatic heterocycles. The number of ether oxygens (including phenoxy) is 2. The van der Waals surface area contributed by atoms with Crippen LogP contribution in [0.5, 0.6) is 0 Å². The summed E-state index contributed by atoms with van der Waals surface area (Å²) in [7, 11) is 1.32. The Bertz CT molecular complexity index is 733. The third-order valence-corrected chi connectivity index (χ3v) is 3.91. The van der Waals surface area contributed by atoms with Crippen molar-refractivity contribution in [1.82, 2.24) is 20.0 Å². The minimum absolute atomic E-state index is 0.110. The van der Waals surface area contributed by atoms with Crippen molar-refractivity contribution in [1.29, 1.82) is 0 Å². The Morgan fingerprint density at radius 1 is 1.44 bits per heavy atom. The van der Waals surface area contributed by atoms with Gasteiger partial charge in [0.05, 0.1) is 13.0 Å². The van der Waals surface area contributed by atoms with E-state index in [0.717, 1.165) is 6.42 Å². The number of amides is 1. The summed E-state index contributed by atoms with van der Waals surface area (Å²) in [5, 5.41) is 3.84. The molecule has 1 atom stereocenters. The normalized spacial score (nSPS) is 17.2. The van der Waals surface area contributed by atoms with Gasteiger partial charge in [-0.3, -0.25) is 9.78 Å². The van der Waals surface area contributed by atoms with Crippen LogP contribution in [0.3, 0.4) is 0 Å². The maximum atomic E-state index is 12.2. The standard InChI is InChI=1S/C16H18N4O5/c1-23-16(22)20-7-3-5-12(9-20)15(21)24-10-13-18-14(19-25-13)11-4-2-6-17-8-11/h2,4,6,8,12H,3,5,7,9-10H2,1H3. The van der Waals surface area contributed by atoms with Crippen LogP contribution in [0.15, 0.2) is 29.0 Å². The molecule has 0 N–H and O–H groups in total. The molecule has 2 aromatic heterocycles. The Labute approximate surface area is 143 Å². The Morgan fingerprint density at radius 3 is 3.08 bits per heavy atom. The predicted octanol–water partition coefficient (Wildman–Crippen LogP) is 1.65. The van der Waals surface area contributed by atoms with Crippen LogP contribution in [0, 0.1) is 5.92 Å². The molecule has 3 heterocycles. The fourth-order valence-corrected chi connectivity index (χ4v) is 2.64. The molecule has 0 bridgehead atoms. The molecule has 132 valence electrons. The zero-order valence-electron chi connectivity index (χ0n) is 13.8. The van der Waals surface area contributed by atoms with Gasteiger partial charge >= 0.3 is 12.1 Å². The summed E-state index contributed by atoms with van der Waals surface area (Å²) in [5.74, 6) is -0.190. The number of pyridine rings is 1. The van der Waals surface area contributed by atoms with Crippen molar-refractivity contribution in [2.45, 2.75) is 19.4 Å². The Morgan fingerprint density at radius 2 is 2.32 bits per heavy atom. The number of rotatable bonds is 4. The number of carbonyl (C=O) groups is 2.